The Hall–Kier alpha value is -1.06. The minimum Gasteiger partial charge on any atom is -0.357 e. The molecule has 2 rings (SSSR count). The van der Waals surface area contributed by atoms with Gasteiger partial charge in [-0.2, -0.15) is 0 Å². The molecule has 1 heterocycles. The first kappa shape index (κ1) is 20.0. The van der Waals surface area contributed by atoms with Crippen LogP contribution in [0.2, 0.25) is 0 Å². The Morgan fingerprint density at radius 2 is 2.00 bits per heavy atom. The molecule has 1 aliphatic heterocycles. The van der Waals surface area contributed by atoms with Gasteiger partial charge in [0, 0.05) is 12.6 Å². The molecule has 0 atom stereocenters. The van der Waals surface area contributed by atoms with Gasteiger partial charge in [-0.1, -0.05) is 6.92 Å². The highest BCUT2D eigenvalue weighted by molar-refractivity contribution is 14.0. The second-order valence-corrected chi connectivity index (χ2v) is 6.07. The molecular formula is C15H28IN5O2. The van der Waals surface area contributed by atoms with Crippen LogP contribution in [0, 0.1) is 5.92 Å². The molecule has 0 unspecified atom stereocenters. The summed E-state index contributed by atoms with van der Waals surface area (Å²) in [6.07, 6.45) is 4.83. The van der Waals surface area contributed by atoms with Gasteiger partial charge in [0.2, 0.25) is 5.91 Å². The van der Waals surface area contributed by atoms with Gasteiger partial charge in [0.25, 0.3) is 0 Å². The molecule has 1 aliphatic carbocycles. The lowest BCUT2D eigenvalue weighted by atomic mass is 9.87. The molecule has 0 aromatic rings. The molecule has 0 bridgehead atoms. The van der Waals surface area contributed by atoms with Crippen molar-refractivity contribution in [3.05, 3.63) is 0 Å². The van der Waals surface area contributed by atoms with E-state index in [9.17, 15) is 9.59 Å². The zero-order valence-corrected chi connectivity index (χ0v) is 16.3. The molecule has 1 saturated heterocycles. The van der Waals surface area contributed by atoms with Crippen molar-refractivity contribution >= 4 is 41.9 Å². The number of guanidine groups is 1. The molecule has 2 aliphatic rings. The van der Waals surface area contributed by atoms with Crippen LogP contribution in [-0.4, -0.2) is 55.0 Å². The third-order valence-corrected chi connectivity index (χ3v) is 4.23. The van der Waals surface area contributed by atoms with Crippen LogP contribution >= 0.6 is 24.0 Å². The number of carbonyl (C=O) groups excluding carboxylic acids is 2. The average molecular weight is 437 g/mol. The second kappa shape index (κ2) is 9.94. The summed E-state index contributed by atoms with van der Waals surface area (Å²) in [4.78, 5) is 28.6. The quantitative estimate of drug-likeness (QED) is 0.262. The maximum Gasteiger partial charge on any atom is 0.324 e. The van der Waals surface area contributed by atoms with Crippen molar-refractivity contribution in [1.82, 2.24) is 20.9 Å². The molecule has 23 heavy (non-hydrogen) atoms. The minimum atomic E-state index is -0.320. The first-order valence-corrected chi connectivity index (χ1v) is 8.23. The summed E-state index contributed by atoms with van der Waals surface area (Å²) in [7, 11) is 0. The fourth-order valence-corrected chi connectivity index (χ4v) is 2.86. The number of rotatable bonds is 5. The summed E-state index contributed by atoms with van der Waals surface area (Å²) >= 11 is 0. The molecule has 8 heteroatoms. The highest BCUT2D eigenvalue weighted by Gasteiger charge is 2.27. The smallest absolute Gasteiger partial charge is 0.324 e. The number of aliphatic imine (C=N–C) groups is 1. The SMILES string of the molecule is CCNC(=NCCN1C(=O)CNC1=O)NC1CCC(C)CC1.I. The van der Waals surface area contributed by atoms with Crippen LogP contribution in [0.3, 0.4) is 0 Å². The lowest BCUT2D eigenvalue weighted by Gasteiger charge is -2.28. The van der Waals surface area contributed by atoms with Crippen molar-refractivity contribution in [3.63, 3.8) is 0 Å². The zero-order valence-electron chi connectivity index (χ0n) is 13.9. The highest BCUT2D eigenvalue weighted by Crippen LogP contribution is 2.23. The Morgan fingerprint density at radius 3 is 2.57 bits per heavy atom. The van der Waals surface area contributed by atoms with E-state index in [1.54, 1.807) is 0 Å². The molecule has 0 radical (unpaired) electrons. The lowest BCUT2D eigenvalue weighted by Crippen LogP contribution is -2.45. The summed E-state index contributed by atoms with van der Waals surface area (Å²) in [6.45, 7) is 5.95. The summed E-state index contributed by atoms with van der Waals surface area (Å²) in [6, 6.07) is 0.144. The summed E-state index contributed by atoms with van der Waals surface area (Å²) < 4.78 is 0. The number of hydrogen-bond acceptors (Lipinski definition) is 3. The van der Waals surface area contributed by atoms with Crippen LogP contribution in [0.1, 0.15) is 39.5 Å². The van der Waals surface area contributed by atoms with Gasteiger partial charge >= 0.3 is 6.03 Å². The number of carbonyl (C=O) groups is 2. The van der Waals surface area contributed by atoms with Crippen molar-refractivity contribution in [1.29, 1.82) is 0 Å². The van der Waals surface area contributed by atoms with E-state index in [1.165, 1.54) is 30.6 Å². The van der Waals surface area contributed by atoms with Crippen molar-refractivity contribution in [2.24, 2.45) is 10.9 Å². The number of nitrogens with one attached hydrogen (secondary N) is 3. The van der Waals surface area contributed by atoms with E-state index in [2.05, 4.69) is 27.9 Å². The largest absolute Gasteiger partial charge is 0.357 e. The molecule has 3 N–H and O–H groups in total. The predicted molar refractivity (Wildman–Crippen MR) is 101 cm³/mol. The monoisotopic (exact) mass is 437 g/mol. The molecule has 1 saturated carbocycles. The highest BCUT2D eigenvalue weighted by atomic mass is 127. The Morgan fingerprint density at radius 1 is 1.30 bits per heavy atom. The van der Waals surface area contributed by atoms with Crippen molar-refractivity contribution in [2.45, 2.75) is 45.6 Å². The topological polar surface area (TPSA) is 85.8 Å². The maximum atomic E-state index is 11.5. The van der Waals surface area contributed by atoms with Crippen LogP contribution in [-0.2, 0) is 4.79 Å². The third-order valence-electron chi connectivity index (χ3n) is 4.23. The molecule has 132 valence electrons. The molecule has 7 nitrogen and oxygen atoms in total. The van der Waals surface area contributed by atoms with Gasteiger partial charge in [0.15, 0.2) is 5.96 Å². The standard InChI is InChI=1S/C15H27N5O2.HI/c1-3-16-14(19-12-6-4-11(2)5-7-12)17-8-9-20-13(21)10-18-15(20)22;/h11-12H,3-10H2,1-2H3,(H,18,22)(H2,16,17,19);1H. The van der Waals surface area contributed by atoms with Crippen molar-refractivity contribution in [2.75, 3.05) is 26.2 Å². The predicted octanol–water partition coefficient (Wildman–Crippen LogP) is 1.29. The maximum absolute atomic E-state index is 11.5. The third kappa shape index (κ3) is 6.15. The molecule has 0 aromatic heterocycles. The van der Waals surface area contributed by atoms with E-state index >= 15 is 0 Å². The number of halogens is 1. The number of imide groups is 1. The van der Waals surface area contributed by atoms with Gasteiger partial charge in [-0.25, -0.2) is 4.79 Å². The van der Waals surface area contributed by atoms with Crippen molar-refractivity contribution in [3.8, 4) is 0 Å². The molecule has 3 amide bonds. The van der Waals surface area contributed by atoms with Crippen LogP contribution < -0.4 is 16.0 Å². The molecule has 0 spiro atoms. The first-order chi connectivity index (χ1) is 10.6. The summed E-state index contributed by atoms with van der Waals surface area (Å²) in [5.74, 6) is 1.41. The molecular weight excluding hydrogens is 409 g/mol. The van der Waals surface area contributed by atoms with E-state index in [0.717, 1.165) is 18.4 Å². The van der Waals surface area contributed by atoms with E-state index in [4.69, 9.17) is 0 Å². The number of hydrogen-bond donors (Lipinski definition) is 3. The zero-order chi connectivity index (χ0) is 15.9. The van der Waals surface area contributed by atoms with Gasteiger partial charge in [-0.3, -0.25) is 14.7 Å². The normalized spacial score (nSPS) is 25.0. The lowest BCUT2D eigenvalue weighted by molar-refractivity contribution is -0.124. The fourth-order valence-electron chi connectivity index (χ4n) is 2.86. The van der Waals surface area contributed by atoms with Crippen LogP contribution in [0.25, 0.3) is 0 Å². The first-order valence-electron chi connectivity index (χ1n) is 8.23. The van der Waals surface area contributed by atoms with E-state index in [0.29, 0.717) is 19.1 Å². The number of urea groups is 1. The van der Waals surface area contributed by atoms with Gasteiger partial charge in [0.05, 0.1) is 19.6 Å². The summed E-state index contributed by atoms with van der Waals surface area (Å²) in [5.41, 5.74) is 0. The number of nitrogens with zero attached hydrogens (tertiary/aromatic N) is 2. The minimum absolute atomic E-state index is 0. The van der Waals surface area contributed by atoms with Crippen LogP contribution in [0.15, 0.2) is 4.99 Å². The molecule has 0 aromatic carbocycles. The van der Waals surface area contributed by atoms with Crippen LogP contribution in [0.4, 0.5) is 4.79 Å². The van der Waals surface area contributed by atoms with Gasteiger partial charge in [0.1, 0.15) is 0 Å². The van der Waals surface area contributed by atoms with Crippen molar-refractivity contribution < 1.29 is 9.59 Å². The van der Waals surface area contributed by atoms with Crippen LogP contribution in [0.5, 0.6) is 0 Å². The Labute approximate surface area is 155 Å². The Bertz CT molecular complexity index is 420. The summed E-state index contributed by atoms with van der Waals surface area (Å²) in [5, 5.41) is 9.19. The van der Waals surface area contributed by atoms with Gasteiger partial charge < -0.3 is 16.0 Å². The van der Waals surface area contributed by atoms with E-state index in [-0.39, 0.29) is 42.5 Å². The van der Waals surface area contributed by atoms with Gasteiger partial charge in [-0.05, 0) is 38.5 Å². The fraction of sp³-hybridized carbons (Fsp3) is 0.800. The Kier molecular flexibility index (Phi) is 8.64. The Balaban J connectivity index is 0.00000264. The van der Waals surface area contributed by atoms with E-state index in [1.807, 2.05) is 6.92 Å². The van der Waals surface area contributed by atoms with E-state index < -0.39 is 0 Å². The molecule has 2 fully saturated rings. The second-order valence-electron chi connectivity index (χ2n) is 6.07. The average Bonchev–Trinajstić information content (AvgIpc) is 2.81. The number of amides is 3. The van der Waals surface area contributed by atoms with Gasteiger partial charge in [-0.15, -0.1) is 24.0 Å².